The maximum Gasteiger partial charge on any atom is 0.242 e. The van der Waals surface area contributed by atoms with Crippen molar-refractivity contribution >= 4 is 33.7 Å². The lowest BCUT2D eigenvalue weighted by Gasteiger charge is -2.38. The van der Waals surface area contributed by atoms with Gasteiger partial charge < -0.3 is 20.9 Å². The van der Waals surface area contributed by atoms with Gasteiger partial charge in [-0.2, -0.15) is 0 Å². The van der Waals surface area contributed by atoms with Crippen molar-refractivity contribution in [2.45, 2.75) is 116 Å². The van der Waals surface area contributed by atoms with Crippen molar-refractivity contribution in [2.75, 3.05) is 32.4 Å². The molecule has 0 aliphatic carbocycles. The zero-order valence-electron chi connectivity index (χ0n) is 28.5. The third-order valence-corrected chi connectivity index (χ3v) is 9.68. The maximum absolute atomic E-state index is 13.6. The highest BCUT2D eigenvalue weighted by molar-refractivity contribution is 7.88. The molecular formula is C34H56N6O6S. The molecule has 4 amide bonds. The second-order valence-electron chi connectivity index (χ2n) is 13.0. The molecule has 4 N–H and O–H groups in total. The lowest BCUT2D eigenvalue weighted by molar-refractivity contribution is -0.139. The van der Waals surface area contributed by atoms with Crippen LogP contribution in [0.5, 0.6) is 0 Å². The van der Waals surface area contributed by atoms with Gasteiger partial charge in [0, 0.05) is 39.0 Å². The van der Waals surface area contributed by atoms with Crippen LogP contribution in [-0.4, -0.2) is 92.7 Å². The van der Waals surface area contributed by atoms with Crippen LogP contribution < -0.4 is 20.7 Å². The number of nitrogens with zero attached hydrogens (tertiary/aromatic N) is 2. The SMILES string of the molecule is CCCCCC(=O)NC(NC(=O)CCCCC)N1CCC(CNC(=O)[C@@H]2CCCN2C(=O)[C@@H](Cc2ccccc2)NS(C)(=O)=O)CC1. The van der Waals surface area contributed by atoms with Crippen LogP contribution in [0.3, 0.4) is 0 Å². The monoisotopic (exact) mass is 676 g/mol. The fourth-order valence-electron chi connectivity index (χ4n) is 6.31. The first-order valence-electron chi connectivity index (χ1n) is 17.4. The summed E-state index contributed by atoms with van der Waals surface area (Å²) < 4.78 is 26.7. The molecular weight excluding hydrogens is 620 g/mol. The summed E-state index contributed by atoms with van der Waals surface area (Å²) >= 11 is 0. The molecule has 2 saturated heterocycles. The largest absolute Gasteiger partial charge is 0.354 e. The van der Waals surface area contributed by atoms with E-state index in [0.29, 0.717) is 51.9 Å². The van der Waals surface area contributed by atoms with Crippen LogP contribution in [0.1, 0.15) is 96.5 Å². The van der Waals surface area contributed by atoms with E-state index in [2.05, 4.69) is 39.4 Å². The summed E-state index contributed by atoms with van der Waals surface area (Å²) in [5.41, 5.74) is 0.822. The summed E-state index contributed by atoms with van der Waals surface area (Å²) in [7, 11) is -3.66. The number of hydrogen-bond acceptors (Lipinski definition) is 7. The third kappa shape index (κ3) is 13.5. The van der Waals surface area contributed by atoms with E-state index in [-0.39, 0.29) is 30.1 Å². The van der Waals surface area contributed by atoms with Crippen molar-refractivity contribution in [3.8, 4) is 0 Å². The molecule has 47 heavy (non-hydrogen) atoms. The number of unbranched alkanes of at least 4 members (excludes halogenated alkanes) is 4. The highest BCUT2D eigenvalue weighted by atomic mass is 32.2. The number of likely N-dealkylation sites (tertiary alicyclic amines) is 2. The zero-order chi connectivity index (χ0) is 34.2. The maximum atomic E-state index is 13.6. The molecule has 1 aromatic carbocycles. The minimum absolute atomic E-state index is 0.0693. The van der Waals surface area contributed by atoms with Crippen molar-refractivity contribution in [3.63, 3.8) is 0 Å². The van der Waals surface area contributed by atoms with Gasteiger partial charge in [-0.3, -0.25) is 24.1 Å². The molecule has 12 nitrogen and oxygen atoms in total. The van der Waals surface area contributed by atoms with Crippen LogP contribution in [0.15, 0.2) is 30.3 Å². The average molecular weight is 677 g/mol. The van der Waals surface area contributed by atoms with E-state index in [0.717, 1.165) is 63.2 Å². The number of hydrogen-bond donors (Lipinski definition) is 4. The minimum Gasteiger partial charge on any atom is -0.354 e. The predicted molar refractivity (Wildman–Crippen MR) is 182 cm³/mol. The molecule has 1 aromatic rings. The van der Waals surface area contributed by atoms with E-state index in [1.807, 2.05) is 30.3 Å². The molecule has 2 aliphatic heterocycles. The van der Waals surface area contributed by atoms with Gasteiger partial charge in [-0.05, 0) is 56.4 Å². The highest BCUT2D eigenvalue weighted by Crippen LogP contribution is 2.22. The Bertz CT molecular complexity index is 1230. The number of piperidine rings is 1. The van der Waals surface area contributed by atoms with E-state index >= 15 is 0 Å². The van der Waals surface area contributed by atoms with Crippen molar-refractivity contribution in [3.05, 3.63) is 35.9 Å². The predicted octanol–water partition coefficient (Wildman–Crippen LogP) is 2.64. The van der Waals surface area contributed by atoms with Crippen molar-refractivity contribution in [1.82, 2.24) is 30.5 Å². The first-order chi connectivity index (χ1) is 22.5. The van der Waals surface area contributed by atoms with E-state index in [1.54, 1.807) is 0 Å². The van der Waals surface area contributed by atoms with Crippen molar-refractivity contribution < 1.29 is 27.6 Å². The summed E-state index contributed by atoms with van der Waals surface area (Å²) in [5.74, 6) is -0.558. The number of rotatable bonds is 19. The fourth-order valence-corrected chi connectivity index (χ4v) is 7.01. The molecule has 0 bridgehead atoms. The third-order valence-electron chi connectivity index (χ3n) is 8.97. The molecule has 0 spiro atoms. The lowest BCUT2D eigenvalue weighted by atomic mass is 9.96. The molecule has 13 heteroatoms. The van der Waals surface area contributed by atoms with Gasteiger partial charge in [0.25, 0.3) is 0 Å². The number of benzene rings is 1. The molecule has 0 unspecified atom stereocenters. The van der Waals surface area contributed by atoms with Crippen LogP contribution in [-0.2, 0) is 35.6 Å². The zero-order valence-corrected chi connectivity index (χ0v) is 29.3. The van der Waals surface area contributed by atoms with Crippen LogP contribution in [0.4, 0.5) is 0 Å². The van der Waals surface area contributed by atoms with Gasteiger partial charge in [0.05, 0.1) is 6.26 Å². The van der Waals surface area contributed by atoms with Crippen LogP contribution >= 0.6 is 0 Å². The van der Waals surface area contributed by atoms with Gasteiger partial charge >= 0.3 is 0 Å². The van der Waals surface area contributed by atoms with Crippen LogP contribution in [0, 0.1) is 5.92 Å². The van der Waals surface area contributed by atoms with E-state index in [9.17, 15) is 27.6 Å². The summed E-state index contributed by atoms with van der Waals surface area (Å²) in [5, 5.41) is 9.11. The standard InChI is InChI=1S/C34H56N6O6S/c1-4-6-9-17-30(41)36-34(37-31(42)18-10-7-5-2)39-22-19-27(20-23-39)25-35-32(43)29-16-13-21-40(29)33(44)28(38-47(3,45)46)24-26-14-11-8-12-15-26/h8,11-12,14-15,27-29,34,38H,4-7,9-10,13,16-25H2,1-3H3,(H,35,43)(H,36,41)(H,37,42)/t28-,29+/m1/s1. The molecule has 2 heterocycles. The first-order valence-corrected chi connectivity index (χ1v) is 19.3. The smallest absolute Gasteiger partial charge is 0.242 e. The van der Waals surface area contributed by atoms with Gasteiger partial charge in [-0.15, -0.1) is 0 Å². The first kappa shape index (κ1) is 38.4. The molecule has 0 radical (unpaired) electrons. The topological polar surface area (TPSA) is 157 Å². The van der Waals surface area contributed by atoms with Crippen LogP contribution in [0.2, 0.25) is 0 Å². The van der Waals surface area contributed by atoms with Gasteiger partial charge in [0.15, 0.2) is 6.29 Å². The average Bonchev–Trinajstić information content (AvgIpc) is 3.53. The summed E-state index contributed by atoms with van der Waals surface area (Å²) in [4.78, 5) is 55.9. The number of amides is 4. The molecule has 0 saturated carbocycles. The highest BCUT2D eigenvalue weighted by Gasteiger charge is 2.38. The summed E-state index contributed by atoms with van der Waals surface area (Å²) in [6, 6.07) is 7.56. The summed E-state index contributed by atoms with van der Waals surface area (Å²) in [6.45, 7) is 6.34. The van der Waals surface area contributed by atoms with Gasteiger partial charge in [0.2, 0.25) is 33.7 Å². The molecule has 2 fully saturated rings. The number of carbonyl (C=O) groups is 4. The summed E-state index contributed by atoms with van der Waals surface area (Å²) in [6.07, 6.45) is 9.90. The van der Waals surface area contributed by atoms with Gasteiger partial charge in [-0.1, -0.05) is 69.9 Å². The quantitative estimate of drug-likeness (QED) is 0.130. The van der Waals surface area contributed by atoms with E-state index in [1.165, 1.54) is 4.90 Å². The van der Waals surface area contributed by atoms with E-state index < -0.39 is 34.3 Å². The second-order valence-corrected chi connectivity index (χ2v) is 14.8. The van der Waals surface area contributed by atoms with Crippen LogP contribution in [0.25, 0.3) is 0 Å². The molecule has 0 aromatic heterocycles. The Balaban J connectivity index is 1.54. The Kier molecular flexibility index (Phi) is 16.1. The van der Waals surface area contributed by atoms with Gasteiger partial charge in [0.1, 0.15) is 12.1 Å². The molecule has 3 rings (SSSR count). The number of sulfonamides is 1. The Morgan fingerprint density at radius 1 is 0.851 bits per heavy atom. The fraction of sp³-hybridized carbons (Fsp3) is 0.706. The second kappa shape index (κ2) is 19.7. The van der Waals surface area contributed by atoms with Crippen molar-refractivity contribution in [1.29, 1.82) is 0 Å². The Hall–Kier alpha value is -3.03. The molecule has 264 valence electrons. The Labute approximate surface area is 281 Å². The van der Waals surface area contributed by atoms with Gasteiger partial charge in [-0.25, -0.2) is 13.1 Å². The normalized spacial score (nSPS) is 18.2. The van der Waals surface area contributed by atoms with E-state index in [4.69, 9.17) is 0 Å². The lowest BCUT2D eigenvalue weighted by Crippen LogP contribution is -2.60. The minimum atomic E-state index is -3.66. The van der Waals surface area contributed by atoms with Crippen molar-refractivity contribution in [2.24, 2.45) is 5.92 Å². The number of nitrogens with one attached hydrogen (secondary N) is 4. The molecule has 2 aliphatic rings. The number of carbonyl (C=O) groups excluding carboxylic acids is 4. The Morgan fingerprint density at radius 3 is 2.00 bits per heavy atom. The molecule has 2 atom stereocenters. The Morgan fingerprint density at radius 2 is 1.45 bits per heavy atom.